The first-order valence-corrected chi connectivity index (χ1v) is 6.97. The average Bonchev–Trinajstić information content (AvgIpc) is 2.25. The van der Waals surface area contributed by atoms with E-state index < -0.39 is 34.1 Å². The maximum atomic E-state index is 12.5. The van der Waals surface area contributed by atoms with Gasteiger partial charge in [0.25, 0.3) is 10.1 Å². The first kappa shape index (κ1) is 16.7. The fraction of sp³-hybridized carbons (Fsp3) is 0.300. The average molecular weight is 333 g/mol. The van der Waals surface area contributed by atoms with Gasteiger partial charge in [-0.15, -0.1) is 0 Å². The molecule has 0 aliphatic heterocycles. The van der Waals surface area contributed by atoms with Gasteiger partial charge in [-0.3, -0.25) is 4.55 Å². The molecule has 0 bridgehead atoms. The predicted octanol–water partition coefficient (Wildman–Crippen LogP) is 2.32. The Kier molecular flexibility index (Phi) is 5.00. The van der Waals surface area contributed by atoms with Gasteiger partial charge in [0.2, 0.25) is 6.10 Å². The van der Waals surface area contributed by atoms with Gasteiger partial charge in [0, 0.05) is 0 Å². The quantitative estimate of drug-likeness (QED) is 0.676. The van der Waals surface area contributed by atoms with E-state index in [1.165, 1.54) is 18.2 Å². The molecular formula is C10H8ClF3O5S. The molecule has 0 heterocycles. The molecule has 1 aromatic carbocycles. The minimum absolute atomic E-state index is 0.148. The molecule has 1 atom stereocenters. The summed E-state index contributed by atoms with van der Waals surface area (Å²) in [5.74, 6) is -3.23. The number of rotatable bonds is 4. The summed E-state index contributed by atoms with van der Waals surface area (Å²) in [4.78, 5) is 11.5. The number of hydrogen-bond acceptors (Lipinski definition) is 4. The summed E-state index contributed by atoms with van der Waals surface area (Å²) in [5, 5.41) is -0.148. The van der Waals surface area contributed by atoms with Crippen LogP contribution in [0.5, 0.6) is 0 Å². The predicted molar refractivity (Wildman–Crippen MR) is 63.1 cm³/mol. The van der Waals surface area contributed by atoms with E-state index in [1.54, 1.807) is 0 Å². The van der Waals surface area contributed by atoms with E-state index in [0.717, 1.165) is 6.07 Å². The zero-order chi connectivity index (χ0) is 15.6. The van der Waals surface area contributed by atoms with Gasteiger partial charge in [-0.25, -0.2) is 4.79 Å². The van der Waals surface area contributed by atoms with Crippen LogP contribution in [0.4, 0.5) is 13.2 Å². The number of esters is 1. The SMILES string of the molecule is O=C(OC(CS(=O)(=O)O)C(F)(F)F)c1ccccc1Cl. The topological polar surface area (TPSA) is 80.7 Å². The molecule has 0 fully saturated rings. The van der Waals surface area contributed by atoms with Crippen molar-refractivity contribution in [2.24, 2.45) is 0 Å². The number of alkyl halides is 3. The van der Waals surface area contributed by atoms with Crippen LogP contribution in [0.25, 0.3) is 0 Å². The third-order valence-corrected chi connectivity index (χ3v) is 3.12. The van der Waals surface area contributed by atoms with Crippen molar-refractivity contribution in [3.05, 3.63) is 34.9 Å². The Morgan fingerprint density at radius 3 is 2.35 bits per heavy atom. The second kappa shape index (κ2) is 5.98. The minimum Gasteiger partial charge on any atom is -0.448 e. The van der Waals surface area contributed by atoms with Gasteiger partial charge >= 0.3 is 12.1 Å². The van der Waals surface area contributed by atoms with E-state index >= 15 is 0 Å². The minimum atomic E-state index is -5.15. The highest BCUT2D eigenvalue weighted by Crippen LogP contribution is 2.26. The molecule has 1 unspecified atom stereocenters. The second-order valence-corrected chi connectivity index (χ2v) is 5.57. The maximum absolute atomic E-state index is 12.5. The van der Waals surface area contributed by atoms with Gasteiger partial charge in [0.05, 0.1) is 10.6 Å². The molecule has 0 amide bonds. The fourth-order valence-corrected chi connectivity index (χ4v) is 2.06. The molecule has 0 aliphatic carbocycles. The van der Waals surface area contributed by atoms with Crippen LogP contribution in [-0.2, 0) is 14.9 Å². The maximum Gasteiger partial charge on any atom is 0.426 e. The van der Waals surface area contributed by atoms with Crippen LogP contribution in [0, 0.1) is 0 Å². The smallest absolute Gasteiger partial charge is 0.426 e. The molecule has 1 rings (SSSR count). The third-order valence-electron chi connectivity index (χ3n) is 2.07. The van der Waals surface area contributed by atoms with Gasteiger partial charge in [-0.05, 0) is 12.1 Å². The summed E-state index contributed by atoms with van der Waals surface area (Å²) >= 11 is 5.60. The van der Waals surface area contributed by atoms with Crippen molar-refractivity contribution in [3.8, 4) is 0 Å². The zero-order valence-corrected chi connectivity index (χ0v) is 11.2. The second-order valence-electron chi connectivity index (χ2n) is 3.66. The van der Waals surface area contributed by atoms with Crippen molar-refractivity contribution < 1.29 is 35.7 Å². The number of carbonyl (C=O) groups is 1. The number of ether oxygens (including phenoxy) is 1. The largest absolute Gasteiger partial charge is 0.448 e. The Labute approximate surface area is 117 Å². The van der Waals surface area contributed by atoms with Gasteiger partial charge in [-0.1, -0.05) is 23.7 Å². The van der Waals surface area contributed by atoms with Crippen molar-refractivity contribution >= 4 is 27.7 Å². The highest BCUT2D eigenvalue weighted by molar-refractivity contribution is 7.85. The molecule has 0 aromatic heterocycles. The van der Waals surface area contributed by atoms with Crippen LogP contribution in [0.3, 0.4) is 0 Å². The van der Waals surface area contributed by atoms with E-state index in [9.17, 15) is 26.4 Å². The lowest BCUT2D eigenvalue weighted by Gasteiger charge is -2.19. The molecule has 1 aromatic rings. The molecule has 1 N–H and O–H groups in total. The lowest BCUT2D eigenvalue weighted by atomic mass is 10.2. The van der Waals surface area contributed by atoms with Crippen LogP contribution >= 0.6 is 11.6 Å². The van der Waals surface area contributed by atoms with E-state index in [-0.39, 0.29) is 10.6 Å². The van der Waals surface area contributed by atoms with Crippen molar-refractivity contribution in [3.63, 3.8) is 0 Å². The lowest BCUT2D eigenvalue weighted by Crippen LogP contribution is -2.39. The van der Waals surface area contributed by atoms with Crippen LogP contribution in [-0.4, -0.2) is 37.0 Å². The monoisotopic (exact) mass is 332 g/mol. The number of halogens is 4. The summed E-state index contributed by atoms with van der Waals surface area (Å²) in [6, 6.07) is 5.15. The molecule has 5 nitrogen and oxygen atoms in total. The Balaban J connectivity index is 2.97. The molecule has 112 valence electrons. The van der Waals surface area contributed by atoms with E-state index in [0.29, 0.717) is 0 Å². The first-order chi connectivity index (χ1) is 9.00. The molecular weight excluding hydrogens is 325 g/mol. The number of carbonyl (C=O) groups excluding carboxylic acids is 1. The summed E-state index contributed by atoms with van der Waals surface area (Å²) in [7, 11) is -4.97. The van der Waals surface area contributed by atoms with Gasteiger partial charge in [0.15, 0.2) is 0 Å². The Bertz CT molecular complexity index is 599. The van der Waals surface area contributed by atoms with Crippen molar-refractivity contribution in [1.29, 1.82) is 0 Å². The highest BCUT2D eigenvalue weighted by Gasteiger charge is 2.45. The first-order valence-electron chi connectivity index (χ1n) is 4.98. The van der Waals surface area contributed by atoms with Gasteiger partial charge in [-0.2, -0.15) is 21.6 Å². The summed E-state index contributed by atoms with van der Waals surface area (Å²) < 4.78 is 71.2. The standard InChI is InChI=1S/C10H8ClF3O5S/c11-7-4-2-1-3-6(7)9(15)19-8(10(12,13)14)5-20(16,17)18/h1-4,8H,5H2,(H,16,17,18). The van der Waals surface area contributed by atoms with Gasteiger partial charge < -0.3 is 4.74 Å². The summed E-state index contributed by atoms with van der Waals surface area (Å²) in [6.07, 6.45) is -8.13. The number of hydrogen-bond donors (Lipinski definition) is 1. The van der Waals surface area contributed by atoms with Gasteiger partial charge in [0.1, 0.15) is 5.75 Å². The molecule has 0 saturated carbocycles. The highest BCUT2D eigenvalue weighted by atomic mass is 35.5. The van der Waals surface area contributed by atoms with E-state index in [4.69, 9.17) is 16.2 Å². The van der Waals surface area contributed by atoms with Crippen LogP contribution < -0.4 is 0 Å². The van der Waals surface area contributed by atoms with E-state index in [1.807, 2.05) is 0 Å². The van der Waals surface area contributed by atoms with Crippen molar-refractivity contribution in [2.45, 2.75) is 12.3 Å². The molecule has 0 radical (unpaired) electrons. The normalized spacial score (nSPS) is 13.8. The Morgan fingerprint density at radius 2 is 1.90 bits per heavy atom. The number of benzene rings is 1. The fourth-order valence-electron chi connectivity index (χ4n) is 1.21. The van der Waals surface area contributed by atoms with Crippen LogP contribution in [0.1, 0.15) is 10.4 Å². The molecule has 0 spiro atoms. The zero-order valence-electron chi connectivity index (χ0n) is 9.59. The lowest BCUT2D eigenvalue weighted by molar-refractivity contribution is -0.197. The Hall–Kier alpha value is -1.32. The van der Waals surface area contributed by atoms with Crippen molar-refractivity contribution in [2.75, 3.05) is 5.75 Å². The third kappa shape index (κ3) is 4.99. The summed E-state index contributed by atoms with van der Waals surface area (Å²) in [6.45, 7) is 0. The molecule has 20 heavy (non-hydrogen) atoms. The van der Waals surface area contributed by atoms with Crippen LogP contribution in [0.15, 0.2) is 24.3 Å². The Morgan fingerprint density at radius 1 is 1.35 bits per heavy atom. The van der Waals surface area contributed by atoms with Crippen LogP contribution in [0.2, 0.25) is 5.02 Å². The summed E-state index contributed by atoms with van der Waals surface area (Å²) in [5.41, 5.74) is -0.348. The molecule has 0 aliphatic rings. The molecule has 10 heteroatoms. The molecule has 0 saturated heterocycles. The van der Waals surface area contributed by atoms with Crippen molar-refractivity contribution in [1.82, 2.24) is 0 Å². The van der Waals surface area contributed by atoms with E-state index in [2.05, 4.69) is 4.74 Å².